The van der Waals surface area contributed by atoms with Gasteiger partial charge in [-0.1, -0.05) is 0 Å². The van der Waals surface area contributed by atoms with Crippen molar-refractivity contribution in [3.05, 3.63) is 36.5 Å². The number of nitrogens with zero attached hydrogens (tertiary/aromatic N) is 6. The van der Waals surface area contributed by atoms with Gasteiger partial charge in [0, 0.05) is 57.2 Å². The summed E-state index contributed by atoms with van der Waals surface area (Å²) in [6.45, 7) is 8.17. The molecular weight excluding hydrogens is 302 g/mol. The van der Waals surface area contributed by atoms with E-state index in [0.29, 0.717) is 0 Å². The highest BCUT2D eigenvalue weighted by Gasteiger charge is 2.18. The van der Waals surface area contributed by atoms with Crippen LogP contribution in [-0.2, 0) is 13.1 Å². The monoisotopic (exact) mass is 325 g/mol. The summed E-state index contributed by atoms with van der Waals surface area (Å²) in [6, 6.07) is 2.06. The highest BCUT2D eigenvalue weighted by molar-refractivity contribution is 5.87. The molecule has 3 aromatic rings. The number of nitrogens with one attached hydrogen (secondary N) is 1. The number of aromatic amines is 1. The first-order valence-electron chi connectivity index (χ1n) is 8.60. The molecule has 4 heterocycles. The Bertz CT molecular complexity index is 806. The molecule has 0 saturated carbocycles. The molecule has 1 aliphatic heterocycles. The van der Waals surface area contributed by atoms with Crippen LogP contribution in [0.4, 0.5) is 5.82 Å². The second-order valence-electron chi connectivity index (χ2n) is 6.26. The van der Waals surface area contributed by atoms with Crippen molar-refractivity contribution in [2.45, 2.75) is 26.4 Å². The summed E-state index contributed by atoms with van der Waals surface area (Å²) >= 11 is 0. The molecule has 1 fully saturated rings. The topological polar surface area (TPSA) is 65.9 Å². The number of fused-ring (bicyclic) bond motifs is 1. The fourth-order valence-electron chi connectivity index (χ4n) is 3.37. The molecule has 126 valence electrons. The van der Waals surface area contributed by atoms with E-state index in [1.165, 1.54) is 5.56 Å². The molecule has 3 aromatic heterocycles. The lowest BCUT2D eigenvalue weighted by molar-refractivity contribution is 0.285. The number of rotatable bonds is 4. The van der Waals surface area contributed by atoms with E-state index < -0.39 is 0 Å². The van der Waals surface area contributed by atoms with Gasteiger partial charge in [0.1, 0.15) is 17.8 Å². The lowest BCUT2D eigenvalue weighted by atomic mass is 10.3. The second kappa shape index (κ2) is 6.60. The molecule has 0 spiro atoms. The zero-order valence-electron chi connectivity index (χ0n) is 14.0. The fraction of sp³-hybridized carbons (Fsp3) is 0.471. The maximum Gasteiger partial charge on any atom is 0.142 e. The van der Waals surface area contributed by atoms with E-state index in [9.17, 15) is 0 Å². The SMILES string of the molecule is CCn1cc(CN2CCCN(c3ncnc4[nH]ccc34)CC2)cn1. The molecule has 4 rings (SSSR count). The zero-order valence-corrected chi connectivity index (χ0v) is 14.0. The standard InChI is InChI=1S/C17H23N7/c1-2-24-12-14(10-21-24)11-22-6-3-7-23(9-8-22)17-15-4-5-18-16(15)19-13-20-17/h4-5,10,12-13H,2-3,6-9,11H2,1H3,(H,18,19,20). The van der Waals surface area contributed by atoms with Crippen molar-refractivity contribution in [1.82, 2.24) is 29.6 Å². The van der Waals surface area contributed by atoms with E-state index >= 15 is 0 Å². The van der Waals surface area contributed by atoms with Crippen LogP contribution in [0.5, 0.6) is 0 Å². The zero-order chi connectivity index (χ0) is 16.4. The van der Waals surface area contributed by atoms with Gasteiger partial charge in [-0.3, -0.25) is 9.58 Å². The first-order chi connectivity index (χ1) is 11.8. The Morgan fingerprint density at radius 2 is 2.12 bits per heavy atom. The Kier molecular flexibility index (Phi) is 4.17. The van der Waals surface area contributed by atoms with Crippen LogP contribution in [0.3, 0.4) is 0 Å². The normalized spacial score (nSPS) is 16.6. The Morgan fingerprint density at radius 1 is 1.17 bits per heavy atom. The van der Waals surface area contributed by atoms with Gasteiger partial charge in [0.15, 0.2) is 0 Å². The van der Waals surface area contributed by atoms with Crippen LogP contribution < -0.4 is 4.90 Å². The Morgan fingerprint density at radius 3 is 3.00 bits per heavy atom. The van der Waals surface area contributed by atoms with E-state index in [0.717, 1.165) is 62.5 Å². The van der Waals surface area contributed by atoms with Gasteiger partial charge < -0.3 is 9.88 Å². The van der Waals surface area contributed by atoms with E-state index in [-0.39, 0.29) is 0 Å². The van der Waals surface area contributed by atoms with Crippen LogP contribution in [0.15, 0.2) is 31.0 Å². The quantitative estimate of drug-likeness (QED) is 0.793. The summed E-state index contributed by atoms with van der Waals surface area (Å²) in [6.07, 6.45) is 8.85. The minimum atomic E-state index is 0.910. The van der Waals surface area contributed by atoms with Crippen molar-refractivity contribution in [2.75, 3.05) is 31.1 Å². The predicted molar refractivity (Wildman–Crippen MR) is 93.9 cm³/mol. The van der Waals surface area contributed by atoms with Crippen molar-refractivity contribution >= 4 is 16.9 Å². The Balaban J connectivity index is 1.45. The largest absolute Gasteiger partial charge is 0.355 e. The first-order valence-corrected chi connectivity index (χ1v) is 8.60. The van der Waals surface area contributed by atoms with Crippen LogP contribution in [-0.4, -0.2) is 55.8 Å². The van der Waals surface area contributed by atoms with Crippen molar-refractivity contribution < 1.29 is 0 Å². The molecule has 0 amide bonds. The van der Waals surface area contributed by atoms with Gasteiger partial charge in [0.05, 0.1) is 11.6 Å². The van der Waals surface area contributed by atoms with Gasteiger partial charge in [-0.15, -0.1) is 0 Å². The summed E-state index contributed by atoms with van der Waals surface area (Å²) in [7, 11) is 0. The highest BCUT2D eigenvalue weighted by atomic mass is 15.3. The van der Waals surface area contributed by atoms with Crippen LogP contribution in [0.2, 0.25) is 0 Å². The molecule has 0 bridgehead atoms. The second-order valence-corrected chi connectivity index (χ2v) is 6.26. The van der Waals surface area contributed by atoms with E-state index in [1.54, 1.807) is 6.33 Å². The third-order valence-corrected chi connectivity index (χ3v) is 4.64. The molecule has 0 unspecified atom stereocenters. The number of hydrogen-bond donors (Lipinski definition) is 1. The summed E-state index contributed by atoms with van der Waals surface area (Å²) in [5.74, 6) is 1.04. The number of H-pyrrole nitrogens is 1. The Hall–Kier alpha value is -2.41. The lowest BCUT2D eigenvalue weighted by Gasteiger charge is -2.22. The average Bonchev–Trinajstić information content (AvgIpc) is 3.20. The third-order valence-electron chi connectivity index (χ3n) is 4.64. The smallest absolute Gasteiger partial charge is 0.142 e. The summed E-state index contributed by atoms with van der Waals surface area (Å²) < 4.78 is 1.99. The molecule has 0 aliphatic carbocycles. The molecular formula is C17H23N7. The van der Waals surface area contributed by atoms with Crippen molar-refractivity contribution in [3.63, 3.8) is 0 Å². The molecule has 1 saturated heterocycles. The van der Waals surface area contributed by atoms with Crippen LogP contribution in [0.25, 0.3) is 11.0 Å². The van der Waals surface area contributed by atoms with E-state index in [1.807, 2.05) is 17.1 Å². The maximum atomic E-state index is 4.53. The van der Waals surface area contributed by atoms with Gasteiger partial charge in [0.25, 0.3) is 0 Å². The number of hydrogen-bond acceptors (Lipinski definition) is 5. The maximum absolute atomic E-state index is 4.53. The van der Waals surface area contributed by atoms with Crippen molar-refractivity contribution in [1.29, 1.82) is 0 Å². The molecule has 0 aromatic carbocycles. The van der Waals surface area contributed by atoms with Crippen LogP contribution >= 0.6 is 0 Å². The number of aryl methyl sites for hydroxylation is 1. The predicted octanol–water partition coefficient (Wildman–Crippen LogP) is 1.89. The summed E-state index contributed by atoms with van der Waals surface area (Å²) in [4.78, 5) is 16.9. The van der Waals surface area contributed by atoms with Gasteiger partial charge in [-0.25, -0.2) is 9.97 Å². The van der Waals surface area contributed by atoms with Gasteiger partial charge in [0.2, 0.25) is 0 Å². The molecule has 7 nitrogen and oxygen atoms in total. The molecule has 0 atom stereocenters. The van der Waals surface area contributed by atoms with E-state index in [2.05, 4.69) is 49.0 Å². The van der Waals surface area contributed by atoms with Crippen molar-refractivity contribution in [2.24, 2.45) is 0 Å². The summed E-state index contributed by atoms with van der Waals surface area (Å²) in [5.41, 5.74) is 2.20. The van der Waals surface area contributed by atoms with Gasteiger partial charge >= 0.3 is 0 Å². The van der Waals surface area contributed by atoms with E-state index in [4.69, 9.17) is 0 Å². The van der Waals surface area contributed by atoms with Crippen LogP contribution in [0.1, 0.15) is 18.9 Å². The number of aromatic nitrogens is 5. The Labute approximate surface area is 141 Å². The third kappa shape index (κ3) is 2.99. The molecule has 24 heavy (non-hydrogen) atoms. The first kappa shape index (κ1) is 15.1. The van der Waals surface area contributed by atoms with Gasteiger partial charge in [-0.05, 0) is 19.4 Å². The van der Waals surface area contributed by atoms with Crippen LogP contribution in [0, 0.1) is 0 Å². The fourth-order valence-corrected chi connectivity index (χ4v) is 3.37. The molecule has 1 aliphatic rings. The minimum Gasteiger partial charge on any atom is -0.355 e. The molecule has 0 radical (unpaired) electrons. The lowest BCUT2D eigenvalue weighted by Crippen LogP contribution is -2.31. The van der Waals surface area contributed by atoms with Crippen molar-refractivity contribution in [3.8, 4) is 0 Å². The molecule has 1 N–H and O–H groups in total. The minimum absolute atomic E-state index is 0.910. The highest BCUT2D eigenvalue weighted by Crippen LogP contribution is 2.23. The van der Waals surface area contributed by atoms with Gasteiger partial charge in [-0.2, -0.15) is 5.10 Å². The molecule has 7 heteroatoms. The average molecular weight is 325 g/mol. The summed E-state index contributed by atoms with van der Waals surface area (Å²) in [5, 5.41) is 5.48. The number of anilines is 1.